The molecule has 0 saturated heterocycles. The SMILES string of the molecule is c1ccc(N(c2ncncn2)c2cc3c4ccccc4n(-c4ccccc4)c3c3sc4ccccc4c23)cc1. The zero-order valence-corrected chi connectivity index (χ0v) is 21.6. The number of hydrogen-bond acceptors (Lipinski definition) is 5. The molecule has 0 aliphatic rings. The van der Waals surface area contributed by atoms with Gasteiger partial charge in [-0.3, -0.25) is 4.90 Å². The topological polar surface area (TPSA) is 46.8 Å². The van der Waals surface area contributed by atoms with Crippen LogP contribution in [0.3, 0.4) is 0 Å². The standard InChI is InChI=1S/C33H21N5S/c1-3-11-22(12-4-1)37-27-17-9-7-15-24(27)26-19-28(30-25-16-8-10-18-29(25)39-32(30)31(26)37)38(23-13-5-2-6-14-23)33-35-20-34-21-36-33/h1-21H. The van der Waals surface area contributed by atoms with Crippen molar-refractivity contribution in [3.8, 4) is 5.69 Å². The van der Waals surface area contributed by atoms with Crippen molar-refractivity contribution >= 4 is 70.6 Å². The number of thiophene rings is 1. The van der Waals surface area contributed by atoms with Crippen molar-refractivity contribution < 1.29 is 0 Å². The number of anilines is 3. The molecule has 0 unspecified atom stereocenters. The molecule has 0 radical (unpaired) electrons. The Balaban J connectivity index is 1.60. The van der Waals surface area contributed by atoms with Gasteiger partial charge in [-0.1, -0.05) is 72.8 Å². The summed E-state index contributed by atoms with van der Waals surface area (Å²) in [6, 6.07) is 40.6. The third kappa shape index (κ3) is 3.35. The third-order valence-corrected chi connectivity index (χ3v) is 8.39. The van der Waals surface area contributed by atoms with Crippen LogP contribution in [0.4, 0.5) is 17.3 Å². The van der Waals surface area contributed by atoms with E-state index in [0.29, 0.717) is 5.95 Å². The molecule has 6 heteroatoms. The minimum atomic E-state index is 0.582. The lowest BCUT2D eigenvalue weighted by molar-refractivity contribution is 1.01. The number of rotatable bonds is 4. The second-order valence-corrected chi connectivity index (χ2v) is 10.4. The van der Waals surface area contributed by atoms with E-state index in [-0.39, 0.29) is 0 Å². The van der Waals surface area contributed by atoms with Crippen molar-refractivity contribution in [2.24, 2.45) is 0 Å². The fraction of sp³-hybridized carbons (Fsp3) is 0. The van der Waals surface area contributed by atoms with Crippen molar-refractivity contribution in [1.82, 2.24) is 19.5 Å². The lowest BCUT2D eigenvalue weighted by atomic mass is 10.0. The first-order valence-corrected chi connectivity index (χ1v) is 13.6. The van der Waals surface area contributed by atoms with Gasteiger partial charge < -0.3 is 4.57 Å². The highest BCUT2D eigenvalue weighted by Crippen LogP contribution is 2.49. The van der Waals surface area contributed by atoms with Crippen LogP contribution in [0.2, 0.25) is 0 Å². The Kier molecular flexibility index (Phi) is 4.93. The van der Waals surface area contributed by atoms with E-state index in [0.717, 1.165) is 17.1 Å². The van der Waals surface area contributed by atoms with E-state index >= 15 is 0 Å². The van der Waals surface area contributed by atoms with Gasteiger partial charge in [0.05, 0.1) is 21.4 Å². The Morgan fingerprint density at radius 1 is 0.641 bits per heavy atom. The summed E-state index contributed by atoms with van der Waals surface area (Å²) in [7, 11) is 0. The van der Waals surface area contributed by atoms with Gasteiger partial charge >= 0.3 is 0 Å². The van der Waals surface area contributed by atoms with Crippen molar-refractivity contribution in [3.05, 3.63) is 128 Å². The zero-order chi connectivity index (χ0) is 25.8. The molecule has 0 spiro atoms. The zero-order valence-electron chi connectivity index (χ0n) is 20.8. The Morgan fingerprint density at radius 3 is 2.10 bits per heavy atom. The molecule has 0 amide bonds. The molecule has 5 nitrogen and oxygen atoms in total. The number of fused-ring (bicyclic) bond motifs is 7. The molecule has 184 valence electrons. The number of hydrogen-bond donors (Lipinski definition) is 0. The van der Waals surface area contributed by atoms with Crippen LogP contribution >= 0.6 is 11.3 Å². The van der Waals surface area contributed by atoms with E-state index in [9.17, 15) is 0 Å². The molecule has 0 bridgehead atoms. The minimum absolute atomic E-state index is 0.582. The smallest absolute Gasteiger partial charge is 0.237 e. The second-order valence-electron chi connectivity index (χ2n) is 9.39. The maximum absolute atomic E-state index is 4.60. The first-order valence-electron chi connectivity index (χ1n) is 12.8. The highest BCUT2D eigenvalue weighted by atomic mass is 32.1. The predicted octanol–water partition coefficient (Wildman–Crippen LogP) is 8.81. The van der Waals surface area contributed by atoms with Crippen LogP contribution in [0, 0.1) is 0 Å². The molecule has 3 aromatic heterocycles. The monoisotopic (exact) mass is 519 g/mol. The van der Waals surface area contributed by atoms with Crippen LogP contribution in [0.1, 0.15) is 0 Å². The number of nitrogens with zero attached hydrogens (tertiary/aromatic N) is 5. The van der Waals surface area contributed by atoms with E-state index in [4.69, 9.17) is 0 Å². The Bertz CT molecular complexity index is 2080. The van der Waals surface area contributed by atoms with E-state index in [1.807, 2.05) is 29.5 Å². The van der Waals surface area contributed by atoms with Gasteiger partial charge in [0.15, 0.2) is 0 Å². The number of para-hydroxylation sites is 3. The maximum atomic E-state index is 4.60. The molecule has 8 aromatic rings. The molecular weight excluding hydrogens is 498 g/mol. The van der Waals surface area contributed by atoms with Gasteiger partial charge in [-0.25, -0.2) is 15.0 Å². The summed E-state index contributed by atoms with van der Waals surface area (Å²) in [5, 5.41) is 4.81. The van der Waals surface area contributed by atoms with Crippen molar-refractivity contribution in [2.45, 2.75) is 0 Å². The molecule has 5 aromatic carbocycles. The van der Waals surface area contributed by atoms with Crippen LogP contribution in [0.5, 0.6) is 0 Å². The first kappa shape index (κ1) is 22.0. The highest BCUT2D eigenvalue weighted by molar-refractivity contribution is 7.26. The van der Waals surface area contributed by atoms with Crippen molar-refractivity contribution in [3.63, 3.8) is 0 Å². The molecule has 0 N–H and O–H groups in total. The van der Waals surface area contributed by atoms with Gasteiger partial charge in [0.25, 0.3) is 0 Å². The lowest BCUT2D eigenvalue weighted by Gasteiger charge is -2.24. The summed E-state index contributed by atoms with van der Waals surface area (Å²) in [6.07, 6.45) is 3.11. The summed E-state index contributed by atoms with van der Waals surface area (Å²) >= 11 is 1.84. The fourth-order valence-corrected chi connectivity index (χ4v) is 6.88. The predicted molar refractivity (Wildman–Crippen MR) is 162 cm³/mol. The molecule has 8 rings (SSSR count). The van der Waals surface area contributed by atoms with E-state index in [1.165, 1.54) is 42.0 Å². The second kappa shape index (κ2) is 8.75. The number of benzene rings is 5. The van der Waals surface area contributed by atoms with Gasteiger partial charge in [-0.15, -0.1) is 11.3 Å². The van der Waals surface area contributed by atoms with Crippen LogP contribution < -0.4 is 4.90 Å². The quantitative estimate of drug-likeness (QED) is 0.233. The summed E-state index contributed by atoms with van der Waals surface area (Å²) in [4.78, 5) is 15.4. The lowest BCUT2D eigenvalue weighted by Crippen LogP contribution is -2.13. The van der Waals surface area contributed by atoms with Gasteiger partial charge in [0.2, 0.25) is 5.95 Å². The molecule has 0 atom stereocenters. The van der Waals surface area contributed by atoms with E-state index < -0.39 is 0 Å². The normalized spacial score (nSPS) is 11.6. The maximum Gasteiger partial charge on any atom is 0.237 e. The van der Waals surface area contributed by atoms with Crippen LogP contribution in [-0.4, -0.2) is 19.5 Å². The third-order valence-electron chi connectivity index (χ3n) is 7.21. The molecule has 0 saturated carbocycles. The average molecular weight is 520 g/mol. The Hall–Kier alpha value is -5.07. The van der Waals surface area contributed by atoms with Crippen molar-refractivity contribution in [2.75, 3.05) is 4.90 Å². The highest BCUT2D eigenvalue weighted by Gasteiger charge is 2.25. The van der Waals surface area contributed by atoms with Gasteiger partial charge in [0.1, 0.15) is 12.7 Å². The largest absolute Gasteiger partial charge is 0.308 e. The van der Waals surface area contributed by atoms with E-state index in [1.54, 1.807) is 12.7 Å². The van der Waals surface area contributed by atoms with Crippen molar-refractivity contribution in [1.29, 1.82) is 0 Å². The van der Waals surface area contributed by atoms with Crippen LogP contribution in [0.15, 0.2) is 128 Å². The molecule has 39 heavy (non-hydrogen) atoms. The molecule has 0 aliphatic carbocycles. The first-order chi connectivity index (χ1) is 19.4. The summed E-state index contributed by atoms with van der Waals surface area (Å²) < 4.78 is 4.88. The average Bonchev–Trinajstić information content (AvgIpc) is 3.55. The molecular formula is C33H21N5S. The van der Waals surface area contributed by atoms with Gasteiger partial charge in [0, 0.05) is 37.6 Å². The fourth-order valence-electron chi connectivity index (χ4n) is 5.62. The van der Waals surface area contributed by atoms with E-state index in [2.05, 4.69) is 121 Å². The molecule has 0 aliphatic heterocycles. The molecule has 3 heterocycles. The van der Waals surface area contributed by atoms with Gasteiger partial charge in [-0.05, 0) is 42.5 Å². The van der Waals surface area contributed by atoms with Crippen LogP contribution in [-0.2, 0) is 0 Å². The number of aromatic nitrogens is 4. The molecule has 0 fully saturated rings. The summed E-state index contributed by atoms with van der Waals surface area (Å²) in [5.74, 6) is 0.582. The van der Waals surface area contributed by atoms with Gasteiger partial charge in [-0.2, -0.15) is 0 Å². The van der Waals surface area contributed by atoms with Crippen LogP contribution in [0.25, 0.3) is 47.7 Å². The summed E-state index contributed by atoms with van der Waals surface area (Å²) in [6.45, 7) is 0. The summed E-state index contributed by atoms with van der Waals surface area (Å²) in [5.41, 5.74) is 5.58. The minimum Gasteiger partial charge on any atom is -0.308 e. The Morgan fingerprint density at radius 2 is 1.31 bits per heavy atom. The Labute approximate surface area is 228 Å².